The predicted octanol–water partition coefficient (Wildman–Crippen LogP) is 1.42. The van der Waals surface area contributed by atoms with Gasteiger partial charge in [0.2, 0.25) is 5.91 Å². The number of aromatic nitrogens is 3. The van der Waals surface area contributed by atoms with Gasteiger partial charge in [0.25, 0.3) is 5.78 Å². The summed E-state index contributed by atoms with van der Waals surface area (Å²) >= 11 is 0. The Balaban J connectivity index is 2.02. The number of rotatable bonds is 3. The largest absolute Gasteiger partial charge is 0.456 e. The van der Waals surface area contributed by atoms with E-state index in [0.29, 0.717) is 6.54 Å². The summed E-state index contributed by atoms with van der Waals surface area (Å²) in [5.41, 5.74) is -0.804. The van der Waals surface area contributed by atoms with Gasteiger partial charge in [-0.1, -0.05) is 5.21 Å². The fraction of sp³-hybridized carbons (Fsp3) is 0.667. The summed E-state index contributed by atoms with van der Waals surface area (Å²) in [6.07, 6.45) is -1.28. The number of carbonyl (C=O) groups excluding carboxylic acids is 2. The first kappa shape index (κ1) is 15.5. The number of hydrogen-bond acceptors (Lipinski definition) is 4. The van der Waals surface area contributed by atoms with Crippen molar-refractivity contribution in [2.75, 3.05) is 6.54 Å². The monoisotopic (exact) mass is 304 g/mol. The average molecular weight is 304 g/mol. The fourth-order valence-corrected chi connectivity index (χ4v) is 2.32. The van der Waals surface area contributed by atoms with Gasteiger partial charge < -0.3 is 4.90 Å². The molecule has 1 amide bonds. The Kier molecular flexibility index (Phi) is 4.29. The molecule has 116 valence electrons. The second kappa shape index (κ2) is 5.82. The minimum absolute atomic E-state index is 0.103. The van der Waals surface area contributed by atoms with Crippen LogP contribution >= 0.6 is 0 Å². The smallest absolute Gasteiger partial charge is 0.338 e. The summed E-state index contributed by atoms with van der Waals surface area (Å²) in [6, 6.07) is 0.103. The fourth-order valence-electron chi connectivity index (χ4n) is 2.32. The first-order valence-corrected chi connectivity index (χ1v) is 6.60. The lowest BCUT2D eigenvalue weighted by molar-refractivity contribution is -0.135. The molecule has 21 heavy (non-hydrogen) atoms. The molecule has 1 aliphatic heterocycles. The van der Waals surface area contributed by atoms with E-state index in [-0.39, 0.29) is 18.5 Å². The van der Waals surface area contributed by atoms with E-state index < -0.39 is 17.7 Å². The third kappa shape index (κ3) is 3.59. The standard InChI is InChI=1S/C12H15F3N4O2/c1-8-4-2-3-5-19(8)10(20)7-18-6-9(16-17-18)11(21)12(13,14)15/h6,8H,2-5,7H2,1H3. The zero-order valence-corrected chi connectivity index (χ0v) is 11.4. The second-order valence-electron chi connectivity index (χ2n) is 5.06. The SMILES string of the molecule is CC1CCCCN1C(=O)Cn1cc(C(=O)C(F)(F)F)nn1. The van der Waals surface area contributed by atoms with Gasteiger partial charge in [-0.3, -0.25) is 9.59 Å². The molecule has 2 rings (SSSR count). The van der Waals surface area contributed by atoms with Crippen LogP contribution in [0.2, 0.25) is 0 Å². The molecule has 6 nitrogen and oxygen atoms in total. The van der Waals surface area contributed by atoms with Crippen LogP contribution < -0.4 is 0 Å². The van der Waals surface area contributed by atoms with Crippen molar-refractivity contribution in [2.45, 2.75) is 44.9 Å². The maximum absolute atomic E-state index is 12.2. The summed E-state index contributed by atoms with van der Waals surface area (Å²) in [6.45, 7) is 2.34. The van der Waals surface area contributed by atoms with Crippen molar-refractivity contribution in [1.82, 2.24) is 19.9 Å². The third-order valence-corrected chi connectivity index (χ3v) is 3.45. The van der Waals surface area contributed by atoms with Crippen LogP contribution in [0.25, 0.3) is 0 Å². The van der Waals surface area contributed by atoms with E-state index in [9.17, 15) is 22.8 Å². The number of likely N-dealkylation sites (tertiary alicyclic amines) is 1. The normalized spacial score (nSPS) is 19.6. The van der Waals surface area contributed by atoms with Crippen LogP contribution in [0.5, 0.6) is 0 Å². The molecule has 0 bridgehead atoms. The number of carbonyl (C=O) groups is 2. The van der Waals surface area contributed by atoms with Gasteiger partial charge >= 0.3 is 6.18 Å². The zero-order valence-electron chi connectivity index (χ0n) is 11.4. The van der Waals surface area contributed by atoms with Gasteiger partial charge in [-0.2, -0.15) is 13.2 Å². The zero-order chi connectivity index (χ0) is 15.6. The Morgan fingerprint density at radius 3 is 2.71 bits per heavy atom. The Hall–Kier alpha value is -1.93. The predicted molar refractivity (Wildman–Crippen MR) is 65.4 cm³/mol. The van der Waals surface area contributed by atoms with E-state index in [2.05, 4.69) is 10.3 Å². The summed E-state index contributed by atoms with van der Waals surface area (Å²) in [5, 5.41) is 6.58. The number of halogens is 3. The van der Waals surface area contributed by atoms with Gasteiger partial charge in [-0.25, -0.2) is 4.68 Å². The van der Waals surface area contributed by atoms with Gasteiger partial charge in [-0.15, -0.1) is 5.10 Å². The molecule has 1 unspecified atom stereocenters. The molecule has 2 heterocycles. The van der Waals surface area contributed by atoms with E-state index in [1.54, 1.807) is 4.90 Å². The Morgan fingerprint density at radius 1 is 1.38 bits per heavy atom. The molecular formula is C12H15F3N4O2. The number of ketones is 1. The highest BCUT2D eigenvalue weighted by Crippen LogP contribution is 2.20. The molecule has 1 fully saturated rings. The molecule has 9 heteroatoms. The second-order valence-corrected chi connectivity index (χ2v) is 5.06. The molecule has 1 aromatic heterocycles. The average Bonchev–Trinajstić information content (AvgIpc) is 2.85. The highest BCUT2D eigenvalue weighted by molar-refractivity contribution is 5.98. The van der Waals surface area contributed by atoms with Crippen molar-refractivity contribution in [3.05, 3.63) is 11.9 Å². The number of Topliss-reactive ketones (excluding diaryl/α,β-unsaturated/α-hetero) is 1. The molecule has 0 saturated carbocycles. The lowest BCUT2D eigenvalue weighted by atomic mass is 10.0. The molecule has 0 radical (unpaired) electrons. The van der Waals surface area contributed by atoms with Gasteiger partial charge in [0.1, 0.15) is 6.54 Å². The van der Waals surface area contributed by atoms with E-state index in [1.807, 2.05) is 6.92 Å². The van der Waals surface area contributed by atoms with Gasteiger partial charge in [0.05, 0.1) is 6.20 Å². The minimum atomic E-state index is -4.99. The van der Waals surface area contributed by atoms with Crippen molar-refractivity contribution in [1.29, 1.82) is 0 Å². The van der Waals surface area contributed by atoms with Crippen molar-refractivity contribution in [2.24, 2.45) is 0 Å². The summed E-state index contributed by atoms with van der Waals surface area (Å²) in [5.74, 6) is -2.30. The van der Waals surface area contributed by atoms with Crippen LogP contribution in [-0.4, -0.2) is 50.3 Å². The topological polar surface area (TPSA) is 68.1 Å². The number of nitrogens with zero attached hydrogens (tertiary/aromatic N) is 4. The maximum Gasteiger partial charge on any atom is 0.456 e. The Bertz CT molecular complexity index is 541. The van der Waals surface area contributed by atoms with Crippen LogP contribution in [0.3, 0.4) is 0 Å². The molecule has 1 atom stereocenters. The minimum Gasteiger partial charge on any atom is -0.338 e. The molecule has 1 aliphatic rings. The lowest BCUT2D eigenvalue weighted by Crippen LogP contribution is -2.43. The van der Waals surface area contributed by atoms with Crippen LogP contribution in [0.1, 0.15) is 36.7 Å². The van der Waals surface area contributed by atoms with Crippen molar-refractivity contribution in [3.63, 3.8) is 0 Å². The highest BCUT2D eigenvalue weighted by Gasteiger charge is 2.41. The molecule has 1 aromatic rings. The summed E-state index contributed by atoms with van der Waals surface area (Å²) in [7, 11) is 0. The van der Waals surface area contributed by atoms with E-state index in [0.717, 1.165) is 30.1 Å². The number of piperidine rings is 1. The van der Waals surface area contributed by atoms with Crippen molar-refractivity contribution >= 4 is 11.7 Å². The van der Waals surface area contributed by atoms with E-state index >= 15 is 0 Å². The van der Waals surface area contributed by atoms with E-state index in [4.69, 9.17) is 0 Å². The Morgan fingerprint density at radius 2 is 2.10 bits per heavy atom. The molecule has 0 aliphatic carbocycles. The number of alkyl halides is 3. The first-order chi connectivity index (χ1) is 9.79. The molecule has 1 saturated heterocycles. The Labute approximate surface area is 118 Å². The van der Waals surface area contributed by atoms with Gasteiger partial charge in [0, 0.05) is 12.6 Å². The van der Waals surface area contributed by atoms with E-state index in [1.165, 1.54) is 0 Å². The van der Waals surface area contributed by atoms with Gasteiger partial charge in [-0.05, 0) is 26.2 Å². The van der Waals surface area contributed by atoms with Crippen LogP contribution in [0, 0.1) is 0 Å². The lowest BCUT2D eigenvalue weighted by Gasteiger charge is -2.33. The molecular weight excluding hydrogens is 289 g/mol. The van der Waals surface area contributed by atoms with Crippen molar-refractivity contribution in [3.8, 4) is 0 Å². The quantitative estimate of drug-likeness (QED) is 0.792. The molecule has 0 N–H and O–H groups in total. The summed E-state index contributed by atoms with van der Waals surface area (Å²) < 4.78 is 37.7. The van der Waals surface area contributed by atoms with Gasteiger partial charge in [0.15, 0.2) is 5.69 Å². The molecule has 0 spiro atoms. The maximum atomic E-state index is 12.2. The number of hydrogen-bond donors (Lipinski definition) is 0. The van der Waals surface area contributed by atoms with Crippen LogP contribution in [0.4, 0.5) is 13.2 Å². The van der Waals surface area contributed by atoms with Crippen LogP contribution in [-0.2, 0) is 11.3 Å². The summed E-state index contributed by atoms with van der Waals surface area (Å²) in [4.78, 5) is 24.7. The number of amides is 1. The van der Waals surface area contributed by atoms with Crippen LogP contribution in [0.15, 0.2) is 6.20 Å². The van der Waals surface area contributed by atoms with Crippen molar-refractivity contribution < 1.29 is 22.8 Å². The first-order valence-electron chi connectivity index (χ1n) is 6.60. The molecule has 0 aromatic carbocycles. The third-order valence-electron chi connectivity index (χ3n) is 3.45. The highest BCUT2D eigenvalue weighted by atomic mass is 19.4.